The first kappa shape index (κ1) is 20.5. The highest BCUT2D eigenvalue weighted by atomic mass is 16.5. The Hall–Kier alpha value is -1.73. The molecular weight excluding hydrogens is 366 g/mol. The van der Waals surface area contributed by atoms with Gasteiger partial charge >= 0.3 is 0 Å². The Morgan fingerprint density at radius 1 is 1.07 bits per heavy atom. The van der Waals surface area contributed by atoms with Crippen molar-refractivity contribution in [3.8, 4) is 0 Å². The average Bonchev–Trinajstić information content (AvgIpc) is 3.22. The zero-order chi connectivity index (χ0) is 20.2. The van der Waals surface area contributed by atoms with Crippen molar-refractivity contribution in [2.75, 3.05) is 51.3 Å². The standard InChI is InChI=1S/C22H35N5O2/c1-17-5-3-9-26(15-17)19-7-11-25(12-8-19)21(28)18-13-23-22(24-14-18)27-10-4-6-20(27)16-29-2/h13-14,17,19-20H,3-12,15-16H2,1-2H3/t17-,20-/m1/s1. The number of carbonyl (C=O) groups is 1. The van der Waals surface area contributed by atoms with Crippen LogP contribution in [0.4, 0.5) is 5.95 Å². The third-order valence-corrected chi connectivity index (χ3v) is 6.83. The van der Waals surface area contributed by atoms with Gasteiger partial charge in [-0.25, -0.2) is 9.97 Å². The summed E-state index contributed by atoms with van der Waals surface area (Å²) < 4.78 is 5.32. The number of hydrogen-bond donors (Lipinski definition) is 0. The highest BCUT2D eigenvalue weighted by Crippen LogP contribution is 2.25. The summed E-state index contributed by atoms with van der Waals surface area (Å²) in [7, 11) is 1.73. The van der Waals surface area contributed by atoms with E-state index in [1.165, 1.54) is 25.9 Å². The molecule has 29 heavy (non-hydrogen) atoms. The molecule has 160 valence electrons. The van der Waals surface area contributed by atoms with Crippen molar-refractivity contribution in [3.63, 3.8) is 0 Å². The van der Waals surface area contributed by atoms with Gasteiger partial charge in [-0.2, -0.15) is 0 Å². The second-order valence-corrected chi connectivity index (χ2v) is 8.98. The van der Waals surface area contributed by atoms with Crippen LogP contribution in [0.15, 0.2) is 12.4 Å². The van der Waals surface area contributed by atoms with Gasteiger partial charge in [0.25, 0.3) is 5.91 Å². The van der Waals surface area contributed by atoms with E-state index in [0.717, 1.165) is 51.2 Å². The maximum Gasteiger partial charge on any atom is 0.256 e. The van der Waals surface area contributed by atoms with Crippen LogP contribution >= 0.6 is 0 Å². The maximum atomic E-state index is 12.9. The third-order valence-electron chi connectivity index (χ3n) is 6.83. The highest BCUT2D eigenvalue weighted by Gasteiger charge is 2.30. The van der Waals surface area contributed by atoms with E-state index in [1.54, 1.807) is 19.5 Å². The average molecular weight is 402 g/mol. The smallest absolute Gasteiger partial charge is 0.256 e. The number of aromatic nitrogens is 2. The minimum Gasteiger partial charge on any atom is -0.383 e. The lowest BCUT2D eigenvalue weighted by atomic mass is 9.95. The molecule has 0 radical (unpaired) electrons. The van der Waals surface area contributed by atoms with Crippen LogP contribution < -0.4 is 4.90 Å². The van der Waals surface area contributed by atoms with Crippen molar-refractivity contribution < 1.29 is 9.53 Å². The number of hydrogen-bond acceptors (Lipinski definition) is 6. The largest absolute Gasteiger partial charge is 0.383 e. The molecule has 0 saturated carbocycles. The number of amides is 1. The molecule has 0 aromatic carbocycles. The van der Waals surface area contributed by atoms with Gasteiger partial charge in [-0.15, -0.1) is 0 Å². The molecule has 3 aliphatic heterocycles. The number of nitrogens with zero attached hydrogens (tertiary/aromatic N) is 5. The molecule has 4 heterocycles. The van der Waals surface area contributed by atoms with Gasteiger partial charge in [0.15, 0.2) is 0 Å². The second kappa shape index (κ2) is 9.39. The summed E-state index contributed by atoms with van der Waals surface area (Å²) in [5.41, 5.74) is 0.598. The number of likely N-dealkylation sites (tertiary alicyclic amines) is 2. The molecule has 0 bridgehead atoms. The van der Waals surface area contributed by atoms with E-state index in [0.29, 0.717) is 30.2 Å². The lowest BCUT2D eigenvalue weighted by molar-refractivity contribution is 0.0541. The van der Waals surface area contributed by atoms with E-state index < -0.39 is 0 Å². The summed E-state index contributed by atoms with van der Waals surface area (Å²) in [6, 6.07) is 0.964. The van der Waals surface area contributed by atoms with Crippen molar-refractivity contribution in [2.45, 2.75) is 57.5 Å². The van der Waals surface area contributed by atoms with Crippen molar-refractivity contribution in [2.24, 2.45) is 5.92 Å². The van der Waals surface area contributed by atoms with Crippen LogP contribution in [0, 0.1) is 5.92 Å². The Bertz CT molecular complexity index is 674. The number of carbonyl (C=O) groups excluding carboxylic acids is 1. The molecule has 0 N–H and O–H groups in total. The van der Waals surface area contributed by atoms with Crippen LogP contribution in [0.2, 0.25) is 0 Å². The number of methoxy groups -OCH3 is 1. The lowest BCUT2D eigenvalue weighted by Gasteiger charge is -2.41. The number of ether oxygens (including phenoxy) is 1. The quantitative estimate of drug-likeness (QED) is 0.755. The van der Waals surface area contributed by atoms with E-state index >= 15 is 0 Å². The topological polar surface area (TPSA) is 61.8 Å². The molecule has 0 unspecified atom stereocenters. The van der Waals surface area contributed by atoms with Crippen LogP contribution in [0.3, 0.4) is 0 Å². The molecule has 1 aromatic rings. The van der Waals surface area contributed by atoms with Gasteiger partial charge in [0.05, 0.1) is 18.2 Å². The zero-order valence-corrected chi connectivity index (χ0v) is 17.9. The molecule has 0 spiro atoms. The fraction of sp³-hybridized carbons (Fsp3) is 0.773. The van der Waals surface area contributed by atoms with Gasteiger partial charge in [-0.3, -0.25) is 9.69 Å². The van der Waals surface area contributed by atoms with E-state index in [1.807, 2.05) is 4.90 Å². The first-order valence-electron chi connectivity index (χ1n) is 11.3. The first-order valence-corrected chi connectivity index (χ1v) is 11.3. The van der Waals surface area contributed by atoms with E-state index in [-0.39, 0.29) is 5.91 Å². The minimum atomic E-state index is 0.0666. The highest BCUT2D eigenvalue weighted by molar-refractivity contribution is 5.93. The van der Waals surface area contributed by atoms with Crippen molar-refractivity contribution >= 4 is 11.9 Å². The van der Waals surface area contributed by atoms with Gasteiger partial charge in [-0.1, -0.05) is 6.92 Å². The monoisotopic (exact) mass is 401 g/mol. The molecule has 7 nitrogen and oxygen atoms in total. The number of piperidine rings is 2. The number of anilines is 1. The van der Waals surface area contributed by atoms with Crippen LogP contribution in [0.25, 0.3) is 0 Å². The Labute approximate surface area is 174 Å². The third kappa shape index (κ3) is 4.72. The molecule has 3 aliphatic rings. The van der Waals surface area contributed by atoms with Gasteiger partial charge in [0.1, 0.15) is 0 Å². The van der Waals surface area contributed by atoms with Gasteiger partial charge in [0.2, 0.25) is 5.95 Å². The molecule has 2 atom stereocenters. The summed E-state index contributed by atoms with van der Waals surface area (Å²) in [6.45, 7) is 8.09. The van der Waals surface area contributed by atoms with Crippen LogP contribution in [0.1, 0.15) is 55.8 Å². The molecule has 0 aliphatic carbocycles. The molecule has 7 heteroatoms. The van der Waals surface area contributed by atoms with Crippen molar-refractivity contribution in [3.05, 3.63) is 18.0 Å². The Morgan fingerprint density at radius 3 is 2.48 bits per heavy atom. The molecule has 1 aromatic heterocycles. The van der Waals surface area contributed by atoms with Crippen molar-refractivity contribution in [1.29, 1.82) is 0 Å². The fourth-order valence-electron chi connectivity index (χ4n) is 5.22. The van der Waals surface area contributed by atoms with E-state index in [2.05, 4.69) is 26.7 Å². The molecule has 3 fully saturated rings. The predicted octanol–water partition coefficient (Wildman–Crippen LogP) is 2.43. The molecule has 1 amide bonds. The van der Waals surface area contributed by atoms with Gasteiger partial charge in [0, 0.05) is 51.7 Å². The fourth-order valence-corrected chi connectivity index (χ4v) is 5.22. The second-order valence-electron chi connectivity index (χ2n) is 8.98. The summed E-state index contributed by atoms with van der Waals surface area (Å²) in [5.74, 6) is 1.58. The van der Waals surface area contributed by atoms with Crippen LogP contribution in [-0.4, -0.2) is 84.2 Å². The predicted molar refractivity (Wildman–Crippen MR) is 113 cm³/mol. The summed E-state index contributed by atoms with van der Waals surface area (Å²) in [5, 5.41) is 0. The van der Waals surface area contributed by atoms with Gasteiger partial charge < -0.3 is 14.5 Å². The summed E-state index contributed by atoms with van der Waals surface area (Å²) in [6.07, 6.45) is 10.4. The minimum absolute atomic E-state index is 0.0666. The van der Waals surface area contributed by atoms with E-state index in [4.69, 9.17) is 4.74 Å². The summed E-state index contributed by atoms with van der Waals surface area (Å²) in [4.78, 5) is 28.8. The maximum absolute atomic E-state index is 12.9. The SMILES string of the molecule is COC[C@H]1CCCN1c1ncc(C(=O)N2CCC(N3CCC[C@@H](C)C3)CC2)cn1. The Kier molecular flexibility index (Phi) is 6.65. The van der Waals surface area contributed by atoms with Crippen LogP contribution in [0.5, 0.6) is 0 Å². The lowest BCUT2D eigenvalue weighted by Crippen LogP contribution is -2.49. The molecule has 4 rings (SSSR count). The van der Waals surface area contributed by atoms with E-state index in [9.17, 15) is 4.79 Å². The number of rotatable bonds is 5. The first-order chi connectivity index (χ1) is 14.2. The zero-order valence-electron chi connectivity index (χ0n) is 17.9. The Morgan fingerprint density at radius 2 is 1.79 bits per heavy atom. The summed E-state index contributed by atoms with van der Waals surface area (Å²) >= 11 is 0. The molecular formula is C22H35N5O2. The Balaban J connectivity index is 1.32. The van der Waals surface area contributed by atoms with Crippen molar-refractivity contribution in [1.82, 2.24) is 19.8 Å². The van der Waals surface area contributed by atoms with Crippen LogP contribution in [-0.2, 0) is 4.74 Å². The normalized spacial score (nSPS) is 26.8. The van der Waals surface area contributed by atoms with Gasteiger partial charge in [-0.05, 0) is 51.0 Å². The molecule has 3 saturated heterocycles.